The zero-order chi connectivity index (χ0) is 37.3. The fourth-order valence-corrected chi connectivity index (χ4v) is 8.26. The molecule has 264 valence electrons. The second-order valence-electron chi connectivity index (χ2n) is 14.1. The monoisotopic (exact) mass is 714 g/mol. The minimum absolute atomic E-state index is 1.10. The van der Waals surface area contributed by atoms with E-state index in [1.54, 1.807) is 0 Å². The second-order valence-corrected chi connectivity index (χ2v) is 14.1. The predicted molar refractivity (Wildman–Crippen MR) is 237 cm³/mol. The quantitative estimate of drug-likeness (QED) is 0.152. The van der Waals surface area contributed by atoms with E-state index in [1.807, 2.05) is 0 Å². The van der Waals surface area contributed by atoms with Gasteiger partial charge < -0.3 is 9.47 Å². The maximum absolute atomic E-state index is 2.44. The zero-order valence-electron chi connectivity index (χ0n) is 30.8. The number of anilines is 3. The summed E-state index contributed by atoms with van der Waals surface area (Å²) in [6.07, 6.45) is 0. The summed E-state index contributed by atoms with van der Waals surface area (Å²) in [4.78, 5) is 2.44. The molecule has 2 heteroatoms. The van der Waals surface area contributed by atoms with Gasteiger partial charge in [0.25, 0.3) is 0 Å². The highest BCUT2D eigenvalue weighted by Crippen LogP contribution is 2.47. The molecule has 56 heavy (non-hydrogen) atoms. The van der Waals surface area contributed by atoms with Gasteiger partial charge in [-0.2, -0.15) is 0 Å². The van der Waals surface area contributed by atoms with E-state index in [1.165, 1.54) is 60.8 Å². The number of para-hydroxylation sites is 3. The number of fused-ring (bicyclic) bond motifs is 3. The summed E-state index contributed by atoms with van der Waals surface area (Å²) in [6.45, 7) is 0. The molecule has 10 rings (SSSR count). The molecule has 0 unspecified atom stereocenters. The summed E-state index contributed by atoms with van der Waals surface area (Å²) in [5.41, 5.74) is 16.3. The van der Waals surface area contributed by atoms with Crippen LogP contribution >= 0.6 is 0 Å². The predicted octanol–water partition coefficient (Wildman–Crippen LogP) is 14.9. The molecule has 0 N–H and O–H groups in total. The molecule has 0 saturated carbocycles. The van der Waals surface area contributed by atoms with Crippen molar-refractivity contribution in [3.05, 3.63) is 231 Å². The summed E-state index contributed by atoms with van der Waals surface area (Å²) in [5, 5.41) is 2.41. The first-order valence-electron chi connectivity index (χ1n) is 19.2. The summed E-state index contributed by atoms with van der Waals surface area (Å²) in [6, 6.07) is 83.1. The van der Waals surface area contributed by atoms with Crippen molar-refractivity contribution in [3.8, 4) is 50.2 Å². The first kappa shape index (κ1) is 33.2. The lowest BCUT2D eigenvalue weighted by atomic mass is 9.94. The molecule has 0 radical (unpaired) electrons. The highest BCUT2D eigenvalue weighted by atomic mass is 15.1. The van der Waals surface area contributed by atoms with Crippen LogP contribution in [0.15, 0.2) is 231 Å². The van der Waals surface area contributed by atoms with E-state index in [0.29, 0.717) is 0 Å². The largest absolute Gasteiger partial charge is 0.309 e. The van der Waals surface area contributed by atoms with Crippen LogP contribution in [0.2, 0.25) is 0 Å². The summed E-state index contributed by atoms with van der Waals surface area (Å²) < 4.78 is 2.44. The molecule has 0 amide bonds. The molecule has 0 aliphatic heterocycles. The first-order chi connectivity index (χ1) is 27.8. The van der Waals surface area contributed by atoms with Crippen LogP contribution < -0.4 is 4.90 Å². The Morgan fingerprint density at radius 1 is 0.304 bits per heavy atom. The lowest BCUT2D eigenvalue weighted by Crippen LogP contribution is -2.11. The SMILES string of the molecule is c1ccc(-c2cccc(-c3ccccc3N(c3ccccc3)c3cccc4c3c3ccccc3n4-c3ccc(-c4ccccc4)c(-c4ccccc4)c3)c2)cc1. The molecule has 0 fully saturated rings. The summed E-state index contributed by atoms with van der Waals surface area (Å²) in [5.74, 6) is 0. The summed E-state index contributed by atoms with van der Waals surface area (Å²) in [7, 11) is 0. The van der Waals surface area contributed by atoms with Crippen molar-refractivity contribution in [2.75, 3.05) is 4.90 Å². The van der Waals surface area contributed by atoms with Crippen LogP contribution in [-0.4, -0.2) is 4.57 Å². The van der Waals surface area contributed by atoms with Gasteiger partial charge in [0.15, 0.2) is 0 Å². The zero-order valence-corrected chi connectivity index (χ0v) is 30.8. The maximum Gasteiger partial charge on any atom is 0.0562 e. The van der Waals surface area contributed by atoms with E-state index in [2.05, 4.69) is 240 Å². The van der Waals surface area contributed by atoms with Crippen molar-refractivity contribution in [1.82, 2.24) is 4.57 Å². The van der Waals surface area contributed by atoms with E-state index in [9.17, 15) is 0 Å². The van der Waals surface area contributed by atoms with Gasteiger partial charge in [0.1, 0.15) is 0 Å². The highest BCUT2D eigenvalue weighted by Gasteiger charge is 2.23. The minimum atomic E-state index is 1.10. The normalized spacial score (nSPS) is 11.2. The van der Waals surface area contributed by atoms with Crippen molar-refractivity contribution < 1.29 is 0 Å². The molecular weight excluding hydrogens is 677 g/mol. The summed E-state index contributed by atoms with van der Waals surface area (Å²) >= 11 is 0. The molecule has 2 nitrogen and oxygen atoms in total. The Balaban J connectivity index is 1.21. The molecule has 0 aliphatic rings. The molecule has 1 aromatic heterocycles. The Kier molecular flexibility index (Phi) is 8.55. The topological polar surface area (TPSA) is 8.17 Å². The van der Waals surface area contributed by atoms with Crippen molar-refractivity contribution >= 4 is 38.9 Å². The Labute approximate surface area is 327 Å². The van der Waals surface area contributed by atoms with Gasteiger partial charge in [-0.1, -0.05) is 176 Å². The third-order valence-corrected chi connectivity index (χ3v) is 10.8. The fraction of sp³-hybridized carbons (Fsp3) is 0. The van der Waals surface area contributed by atoms with Gasteiger partial charge in [-0.15, -0.1) is 0 Å². The molecule has 0 saturated heterocycles. The van der Waals surface area contributed by atoms with E-state index >= 15 is 0 Å². The molecule has 0 spiro atoms. The van der Waals surface area contributed by atoms with Crippen molar-refractivity contribution in [3.63, 3.8) is 0 Å². The van der Waals surface area contributed by atoms with Crippen LogP contribution in [0.4, 0.5) is 17.1 Å². The molecule has 0 aliphatic carbocycles. The van der Waals surface area contributed by atoms with Crippen LogP contribution in [0.3, 0.4) is 0 Å². The lowest BCUT2D eigenvalue weighted by Gasteiger charge is -2.29. The average molecular weight is 715 g/mol. The standard InChI is InChI=1S/C54H38N2/c1-5-19-39(20-6-1)42-25-17-26-43(37-42)47-29-13-15-31-50(47)55(44-27-11-4-12-28-44)52-33-18-34-53-54(52)48-30-14-16-32-51(48)56(53)45-35-36-46(40-21-7-2-8-22-40)49(38-45)41-23-9-3-10-24-41/h1-38H. The number of nitrogens with zero attached hydrogens (tertiary/aromatic N) is 2. The van der Waals surface area contributed by atoms with Gasteiger partial charge in [-0.05, 0) is 93.5 Å². The third kappa shape index (κ3) is 5.95. The molecule has 9 aromatic carbocycles. The molecule has 0 bridgehead atoms. The number of hydrogen-bond acceptors (Lipinski definition) is 1. The Bertz CT molecular complexity index is 2950. The van der Waals surface area contributed by atoms with Crippen LogP contribution in [0.25, 0.3) is 72.0 Å². The van der Waals surface area contributed by atoms with E-state index in [0.717, 1.165) is 28.3 Å². The van der Waals surface area contributed by atoms with E-state index < -0.39 is 0 Å². The Morgan fingerprint density at radius 2 is 0.839 bits per heavy atom. The van der Waals surface area contributed by atoms with Gasteiger partial charge in [0.05, 0.1) is 22.4 Å². The number of hydrogen-bond donors (Lipinski definition) is 0. The molecular formula is C54H38N2. The fourth-order valence-electron chi connectivity index (χ4n) is 8.26. The van der Waals surface area contributed by atoms with E-state index in [4.69, 9.17) is 0 Å². The smallest absolute Gasteiger partial charge is 0.0562 e. The number of benzene rings is 9. The number of aromatic nitrogens is 1. The van der Waals surface area contributed by atoms with Crippen LogP contribution in [-0.2, 0) is 0 Å². The van der Waals surface area contributed by atoms with Gasteiger partial charge in [0, 0.05) is 27.7 Å². The molecule has 10 aromatic rings. The molecule has 0 atom stereocenters. The highest BCUT2D eigenvalue weighted by molar-refractivity contribution is 6.17. The third-order valence-electron chi connectivity index (χ3n) is 10.8. The Morgan fingerprint density at radius 3 is 1.59 bits per heavy atom. The van der Waals surface area contributed by atoms with Crippen molar-refractivity contribution in [2.45, 2.75) is 0 Å². The second kappa shape index (κ2) is 14.4. The van der Waals surface area contributed by atoms with Gasteiger partial charge in [-0.25, -0.2) is 0 Å². The Hall–Kier alpha value is -7.42. The van der Waals surface area contributed by atoms with E-state index in [-0.39, 0.29) is 0 Å². The minimum Gasteiger partial charge on any atom is -0.309 e. The van der Waals surface area contributed by atoms with Crippen molar-refractivity contribution in [2.24, 2.45) is 0 Å². The lowest BCUT2D eigenvalue weighted by molar-refractivity contribution is 1.18. The number of rotatable bonds is 8. The van der Waals surface area contributed by atoms with Crippen LogP contribution in [0, 0.1) is 0 Å². The van der Waals surface area contributed by atoms with Gasteiger partial charge >= 0.3 is 0 Å². The van der Waals surface area contributed by atoms with Crippen LogP contribution in [0.5, 0.6) is 0 Å². The molecule has 1 heterocycles. The van der Waals surface area contributed by atoms with Gasteiger partial charge in [0.2, 0.25) is 0 Å². The first-order valence-corrected chi connectivity index (χ1v) is 19.2. The average Bonchev–Trinajstić information content (AvgIpc) is 3.63. The van der Waals surface area contributed by atoms with Gasteiger partial charge in [-0.3, -0.25) is 0 Å². The van der Waals surface area contributed by atoms with Crippen molar-refractivity contribution in [1.29, 1.82) is 0 Å². The maximum atomic E-state index is 2.44. The van der Waals surface area contributed by atoms with Crippen LogP contribution in [0.1, 0.15) is 0 Å².